The summed E-state index contributed by atoms with van der Waals surface area (Å²) < 4.78 is 12.1. The molecule has 6 heteroatoms. The Hall–Kier alpha value is -2.34. The minimum Gasteiger partial charge on any atom is -0.490 e. The number of benzene rings is 1. The van der Waals surface area contributed by atoms with Gasteiger partial charge in [0, 0.05) is 23.7 Å². The Bertz CT molecular complexity index is 824. The van der Waals surface area contributed by atoms with Crippen molar-refractivity contribution in [2.24, 2.45) is 5.73 Å². The summed E-state index contributed by atoms with van der Waals surface area (Å²) in [5, 5.41) is 5.34. The minimum absolute atomic E-state index is 0.0633. The largest absolute Gasteiger partial charge is 0.490 e. The predicted molar refractivity (Wildman–Crippen MR) is 99.6 cm³/mol. The van der Waals surface area contributed by atoms with Crippen molar-refractivity contribution in [1.82, 2.24) is 10.3 Å². The van der Waals surface area contributed by atoms with Crippen LogP contribution in [0.2, 0.25) is 0 Å². The van der Waals surface area contributed by atoms with Gasteiger partial charge in [0.05, 0.1) is 11.7 Å². The van der Waals surface area contributed by atoms with Gasteiger partial charge in [-0.1, -0.05) is 0 Å². The van der Waals surface area contributed by atoms with Crippen molar-refractivity contribution in [3.8, 4) is 11.6 Å². The molecule has 2 fully saturated rings. The second kappa shape index (κ2) is 6.76. The quantitative estimate of drug-likeness (QED) is 0.861. The molecule has 2 unspecified atom stereocenters. The summed E-state index contributed by atoms with van der Waals surface area (Å²) in [6.07, 6.45) is 6.26. The van der Waals surface area contributed by atoms with E-state index in [4.69, 9.17) is 15.2 Å². The van der Waals surface area contributed by atoms with Crippen LogP contribution in [-0.4, -0.2) is 35.2 Å². The molecule has 4 rings (SSSR count). The van der Waals surface area contributed by atoms with Gasteiger partial charge in [0.15, 0.2) is 0 Å². The predicted octanol–water partition coefficient (Wildman–Crippen LogP) is 2.78. The van der Waals surface area contributed by atoms with Crippen LogP contribution in [0.1, 0.15) is 49.9 Å². The van der Waals surface area contributed by atoms with Gasteiger partial charge >= 0.3 is 0 Å². The number of ether oxygens (including phenoxy) is 2. The standard InChI is InChI=1S/C20H25N3O3/c1-11(2)25-18-10-16-12(7-17(18)19(21)24)5-6-22-20(16)26-15-8-13-3-4-14(9-15)23-13/h5-7,10-11,13-15,23H,3-4,8-9H2,1-2H3,(H2,21,24)/t13-,14?,15?/m1/s1. The van der Waals surface area contributed by atoms with Gasteiger partial charge in [0.25, 0.3) is 5.91 Å². The number of hydrogen-bond acceptors (Lipinski definition) is 5. The zero-order valence-electron chi connectivity index (χ0n) is 15.2. The molecule has 3 N–H and O–H groups in total. The van der Waals surface area contributed by atoms with E-state index < -0.39 is 5.91 Å². The molecule has 1 amide bonds. The number of hydrogen-bond donors (Lipinski definition) is 2. The molecule has 2 aromatic rings. The fourth-order valence-electron chi connectivity index (χ4n) is 4.07. The van der Waals surface area contributed by atoms with Gasteiger partial charge in [-0.2, -0.15) is 0 Å². The maximum Gasteiger partial charge on any atom is 0.252 e. The highest BCUT2D eigenvalue weighted by atomic mass is 16.5. The van der Waals surface area contributed by atoms with E-state index in [2.05, 4.69) is 10.3 Å². The second-order valence-corrected chi connectivity index (χ2v) is 7.57. The summed E-state index contributed by atoms with van der Waals surface area (Å²) in [5.74, 6) is 0.568. The number of nitrogens with two attached hydrogens (primary N) is 1. The third-order valence-electron chi connectivity index (χ3n) is 5.16. The number of nitrogens with zero attached hydrogens (tertiary/aromatic N) is 1. The molecule has 0 aliphatic carbocycles. The van der Waals surface area contributed by atoms with E-state index in [0.29, 0.717) is 29.3 Å². The number of piperidine rings is 1. The van der Waals surface area contributed by atoms with Gasteiger partial charge in [-0.3, -0.25) is 4.79 Å². The van der Waals surface area contributed by atoms with Crippen molar-refractivity contribution in [2.45, 2.75) is 63.8 Å². The summed E-state index contributed by atoms with van der Waals surface area (Å²) >= 11 is 0. The second-order valence-electron chi connectivity index (χ2n) is 7.57. The summed E-state index contributed by atoms with van der Waals surface area (Å²) in [5.41, 5.74) is 5.91. The highest BCUT2D eigenvalue weighted by Gasteiger charge is 2.34. The van der Waals surface area contributed by atoms with E-state index in [-0.39, 0.29) is 12.2 Å². The molecule has 1 aromatic heterocycles. The van der Waals surface area contributed by atoms with Crippen LogP contribution in [-0.2, 0) is 0 Å². The van der Waals surface area contributed by atoms with E-state index in [0.717, 1.165) is 23.6 Å². The lowest BCUT2D eigenvalue weighted by molar-refractivity contribution is 0.0994. The fourth-order valence-corrected chi connectivity index (χ4v) is 4.07. The van der Waals surface area contributed by atoms with E-state index in [1.807, 2.05) is 26.0 Å². The van der Waals surface area contributed by atoms with Crippen LogP contribution < -0.4 is 20.5 Å². The molecule has 6 nitrogen and oxygen atoms in total. The van der Waals surface area contributed by atoms with Crippen molar-refractivity contribution >= 4 is 16.7 Å². The molecule has 26 heavy (non-hydrogen) atoms. The van der Waals surface area contributed by atoms with E-state index in [9.17, 15) is 4.79 Å². The van der Waals surface area contributed by atoms with Crippen molar-refractivity contribution < 1.29 is 14.3 Å². The highest BCUT2D eigenvalue weighted by Crippen LogP contribution is 2.34. The fraction of sp³-hybridized carbons (Fsp3) is 0.500. The molecule has 3 atom stereocenters. The van der Waals surface area contributed by atoms with Crippen LogP contribution >= 0.6 is 0 Å². The molecule has 2 saturated heterocycles. The SMILES string of the molecule is CC(C)Oc1cc2c(OC3CC4CC[C@H](C3)N4)nccc2cc1C(N)=O. The summed E-state index contributed by atoms with van der Waals surface area (Å²) in [7, 11) is 0. The first-order chi connectivity index (χ1) is 12.5. The molecule has 138 valence electrons. The van der Waals surface area contributed by atoms with E-state index in [1.165, 1.54) is 12.8 Å². The molecular formula is C20H25N3O3. The number of aromatic nitrogens is 1. The number of rotatable bonds is 5. The maximum atomic E-state index is 11.8. The van der Waals surface area contributed by atoms with Crippen LogP contribution in [0.4, 0.5) is 0 Å². The van der Waals surface area contributed by atoms with Crippen LogP contribution in [0.15, 0.2) is 24.4 Å². The van der Waals surface area contributed by atoms with Crippen LogP contribution in [0.25, 0.3) is 10.8 Å². The highest BCUT2D eigenvalue weighted by molar-refractivity contribution is 6.01. The van der Waals surface area contributed by atoms with Crippen molar-refractivity contribution in [1.29, 1.82) is 0 Å². The van der Waals surface area contributed by atoms with Crippen molar-refractivity contribution in [3.05, 3.63) is 30.0 Å². The van der Waals surface area contributed by atoms with Crippen molar-refractivity contribution in [3.63, 3.8) is 0 Å². The molecule has 0 spiro atoms. The van der Waals surface area contributed by atoms with Crippen LogP contribution in [0, 0.1) is 0 Å². The Labute approximate surface area is 153 Å². The lowest BCUT2D eigenvalue weighted by Crippen LogP contribution is -2.42. The monoisotopic (exact) mass is 355 g/mol. The van der Waals surface area contributed by atoms with Crippen molar-refractivity contribution in [2.75, 3.05) is 0 Å². The van der Waals surface area contributed by atoms with E-state index >= 15 is 0 Å². The molecule has 1 aromatic carbocycles. The van der Waals surface area contributed by atoms with Gasteiger partial charge in [-0.15, -0.1) is 0 Å². The Kier molecular flexibility index (Phi) is 4.44. The van der Waals surface area contributed by atoms with Gasteiger partial charge in [0.2, 0.25) is 5.88 Å². The molecular weight excluding hydrogens is 330 g/mol. The Morgan fingerprint density at radius 2 is 2.00 bits per heavy atom. The average Bonchev–Trinajstić information content (AvgIpc) is 2.92. The first-order valence-electron chi connectivity index (χ1n) is 9.31. The molecule has 3 heterocycles. The Morgan fingerprint density at radius 3 is 2.65 bits per heavy atom. The molecule has 2 aliphatic heterocycles. The molecule has 0 saturated carbocycles. The van der Waals surface area contributed by atoms with Gasteiger partial charge in [0.1, 0.15) is 11.9 Å². The Morgan fingerprint density at radius 1 is 1.27 bits per heavy atom. The van der Waals surface area contributed by atoms with Crippen LogP contribution in [0.5, 0.6) is 11.6 Å². The zero-order valence-corrected chi connectivity index (χ0v) is 15.2. The lowest BCUT2D eigenvalue weighted by Gasteiger charge is -2.29. The lowest BCUT2D eigenvalue weighted by atomic mass is 10.0. The Balaban J connectivity index is 1.69. The van der Waals surface area contributed by atoms with Crippen LogP contribution in [0.3, 0.4) is 0 Å². The number of primary amides is 1. The number of nitrogens with one attached hydrogen (secondary N) is 1. The zero-order chi connectivity index (χ0) is 18.3. The summed E-state index contributed by atoms with van der Waals surface area (Å²) in [6.45, 7) is 3.83. The smallest absolute Gasteiger partial charge is 0.252 e. The molecule has 2 bridgehead atoms. The number of carbonyl (C=O) groups is 1. The number of amides is 1. The molecule has 0 radical (unpaired) electrons. The minimum atomic E-state index is -0.503. The first kappa shape index (κ1) is 17.1. The third-order valence-corrected chi connectivity index (χ3v) is 5.16. The van der Waals surface area contributed by atoms with Gasteiger partial charge in [-0.05, 0) is 63.1 Å². The maximum absolute atomic E-state index is 11.8. The topological polar surface area (TPSA) is 86.5 Å². The average molecular weight is 355 g/mol. The number of carbonyl (C=O) groups excluding carboxylic acids is 1. The normalized spacial score (nSPS) is 24.8. The molecule has 2 aliphatic rings. The first-order valence-corrected chi connectivity index (χ1v) is 9.31. The summed E-state index contributed by atoms with van der Waals surface area (Å²) in [4.78, 5) is 16.3. The van der Waals surface area contributed by atoms with Gasteiger partial charge in [-0.25, -0.2) is 4.98 Å². The van der Waals surface area contributed by atoms with Gasteiger partial charge < -0.3 is 20.5 Å². The van der Waals surface area contributed by atoms with E-state index in [1.54, 1.807) is 12.3 Å². The number of pyridine rings is 1. The third kappa shape index (κ3) is 3.33. The number of fused-ring (bicyclic) bond motifs is 3. The summed E-state index contributed by atoms with van der Waals surface area (Å²) in [6, 6.07) is 6.55.